The number of halogens is 1. The van der Waals surface area contributed by atoms with E-state index < -0.39 is 0 Å². The van der Waals surface area contributed by atoms with Crippen LogP contribution in [0.5, 0.6) is 11.5 Å². The summed E-state index contributed by atoms with van der Waals surface area (Å²) in [6.07, 6.45) is 4.90. The summed E-state index contributed by atoms with van der Waals surface area (Å²) < 4.78 is 10.8. The van der Waals surface area contributed by atoms with Crippen LogP contribution in [-0.4, -0.2) is 31.3 Å². The van der Waals surface area contributed by atoms with Crippen molar-refractivity contribution in [1.29, 1.82) is 0 Å². The molecular formula is C17H26ClNO2. The van der Waals surface area contributed by atoms with Crippen molar-refractivity contribution in [2.45, 2.75) is 44.9 Å². The summed E-state index contributed by atoms with van der Waals surface area (Å²) >= 11 is 6.62. The second-order valence-electron chi connectivity index (χ2n) is 5.59. The Morgan fingerprint density at radius 2 is 1.76 bits per heavy atom. The molecule has 4 heteroatoms. The molecule has 1 aromatic carbocycles. The topological polar surface area (TPSA) is 21.7 Å². The first-order valence-corrected chi connectivity index (χ1v) is 8.44. The van der Waals surface area contributed by atoms with Gasteiger partial charge in [-0.1, -0.05) is 32.8 Å². The highest BCUT2D eigenvalue weighted by Gasteiger charge is 2.18. The van der Waals surface area contributed by atoms with E-state index in [4.69, 9.17) is 21.1 Å². The van der Waals surface area contributed by atoms with E-state index in [2.05, 4.69) is 18.7 Å². The van der Waals surface area contributed by atoms with Gasteiger partial charge in [0.15, 0.2) is 11.5 Å². The molecule has 2 rings (SSSR count). The Kier molecular flexibility index (Phi) is 6.65. The lowest BCUT2D eigenvalue weighted by atomic mass is 10.1. The van der Waals surface area contributed by atoms with Gasteiger partial charge in [0.05, 0.1) is 5.38 Å². The van der Waals surface area contributed by atoms with Gasteiger partial charge in [-0.25, -0.2) is 0 Å². The molecular weight excluding hydrogens is 286 g/mol. The van der Waals surface area contributed by atoms with Crippen molar-refractivity contribution < 1.29 is 9.47 Å². The van der Waals surface area contributed by atoms with Crippen LogP contribution in [-0.2, 0) is 0 Å². The average Bonchev–Trinajstić information content (AvgIpc) is 2.97. The Hall–Kier alpha value is -0.930. The van der Waals surface area contributed by atoms with Crippen LogP contribution in [0, 0.1) is 0 Å². The van der Waals surface area contributed by atoms with E-state index in [1.165, 1.54) is 25.7 Å². The summed E-state index contributed by atoms with van der Waals surface area (Å²) in [7, 11) is 0. The van der Waals surface area contributed by atoms with Crippen LogP contribution in [0.25, 0.3) is 0 Å². The molecule has 21 heavy (non-hydrogen) atoms. The number of hydrogen-bond donors (Lipinski definition) is 0. The number of benzene rings is 1. The van der Waals surface area contributed by atoms with Crippen molar-refractivity contribution in [2.24, 2.45) is 0 Å². The second kappa shape index (κ2) is 8.50. The maximum absolute atomic E-state index is 6.62. The van der Waals surface area contributed by atoms with Gasteiger partial charge in [-0.15, -0.1) is 11.6 Å². The molecule has 0 aromatic heterocycles. The molecule has 1 heterocycles. The molecule has 0 amide bonds. The number of unbranched alkanes of at least 4 members (excludes halogenated alkanes) is 2. The number of nitrogens with zero attached hydrogens (tertiary/aromatic N) is 1. The highest BCUT2D eigenvalue weighted by atomic mass is 35.5. The van der Waals surface area contributed by atoms with Crippen molar-refractivity contribution in [2.75, 3.05) is 26.4 Å². The fourth-order valence-corrected chi connectivity index (χ4v) is 2.83. The molecule has 0 saturated carbocycles. The number of ether oxygens (including phenoxy) is 2. The average molecular weight is 312 g/mol. The Balaban J connectivity index is 1.95. The smallest absolute Gasteiger partial charge is 0.231 e. The Bertz CT molecular complexity index is 431. The first-order valence-electron chi connectivity index (χ1n) is 8.00. The van der Waals surface area contributed by atoms with Crippen molar-refractivity contribution in [3.8, 4) is 11.5 Å². The van der Waals surface area contributed by atoms with Gasteiger partial charge in [0.1, 0.15) is 0 Å². The van der Waals surface area contributed by atoms with Crippen molar-refractivity contribution in [1.82, 2.24) is 4.90 Å². The summed E-state index contributed by atoms with van der Waals surface area (Å²) in [5, 5.41) is -0.00628. The van der Waals surface area contributed by atoms with E-state index in [-0.39, 0.29) is 5.38 Å². The zero-order chi connectivity index (χ0) is 15.1. The minimum absolute atomic E-state index is 0.00628. The fraction of sp³-hybridized carbons (Fsp3) is 0.647. The summed E-state index contributed by atoms with van der Waals surface area (Å²) in [5.41, 5.74) is 1.11. The van der Waals surface area contributed by atoms with E-state index in [9.17, 15) is 0 Å². The molecule has 1 atom stereocenters. The standard InChI is InChI=1S/C17H26ClNO2/c1-3-5-9-19(10-6-4-2)12-15(18)14-7-8-16-17(11-14)21-13-20-16/h7-8,11,15H,3-6,9-10,12-13H2,1-2H3. The quantitative estimate of drug-likeness (QED) is 0.622. The van der Waals surface area contributed by atoms with E-state index in [1.54, 1.807) is 0 Å². The highest BCUT2D eigenvalue weighted by Crippen LogP contribution is 2.35. The zero-order valence-corrected chi connectivity index (χ0v) is 13.9. The van der Waals surface area contributed by atoms with Gasteiger partial charge in [0, 0.05) is 6.54 Å². The molecule has 1 unspecified atom stereocenters. The van der Waals surface area contributed by atoms with Gasteiger partial charge >= 0.3 is 0 Å². The Morgan fingerprint density at radius 3 is 2.43 bits per heavy atom. The van der Waals surface area contributed by atoms with Crippen LogP contribution < -0.4 is 9.47 Å². The van der Waals surface area contributed by atoms with Crippen LogP contribution in [0.3, 0.4) is 0 Å². The van der Waals surface area contributed by atoms with Crippen LogP contribution in [0.2, 0.25) is 0 Å². The number of rotatable bonds is 9. The molecule has 0 fully saturated rings. The first kappa shape index (κ1) is 16.4. The third-order valence-corrected chi connectivity index (χ3v) is 4.22. The molecule has 1 aliphatic heterocycles. The Labute approximate surface area is 133 Å². The molecule has 0 aliphatic carbocycles. The number of hydrogen-bond acceptors (Lipinski definition) is 3. The first-order chi connectivity index (χ1) is 10.2. The van der Waals surface area contributed by atoms with E-state index >= 15 is 0 Å². The summed E-state index contributed by atoms with van der Waals surface area (Å²) in [6.45, 7) is 7.92. The number of fused-ring (bicyclic) bond motifs is 1. The fourth-order valence-electron chi connectivity index (χ4n) is 2.50. The normalized spacial score (nSPS) is 14.7. The van der Waals surface area contributed by atoms with Gasteiger partial charge in [0.2, 0.25) is 6.79 Å². The Morgan fingerprint density at radius 1 is 1.10 bits per heavy atom. The molecule has 0 bridgehead atoms. The summed E-state index contributed by atoms with van der Waals surface area (Å²) in [6, 6.07) is 6.01. The molecule has 0 saturated heterocycles. The van der Waals surface area contributed by atoms with E-state index in [0.29, 0.717) is 6.79 Å². The van der Waals surface area contributed by atoms with Crippen molar-refractivity contribution >= 4 is 11.6 Å². The van der Waals surface area contributed by atoms with Gasteiger partial charge in [-0.05, 0) is 43.6 Å². The van der Waals surface area contributed by atoms with Gasteiger partial charge < -0.3 is 14.4 Å². The second-order valence-corrected chi connectivity index (χ2v) is 6.11. The third kappa shape index (κ3) is 4.79. The maximum Gasteiger partial charge on any atom is 0.231 e. The summed E-state index contributed by atoms with van der Waals surface area (Å²) in [5.74, 6) is 1.63. The lowest BCUT2D eigenvalue weighted by molar-refractivity contribution is 0.174. The summed E-state index contributed by atoms with van der Waals surface area (Å²) in [4.78, 5) is 2.48. The SMILES string of the molecule is CCCCN(CCCC)CC(Cl)c1ccc2c(c1)OCO2. The van der Waals surface area contributed by atoms with Crippen LogP contribution in [0.15, 0.2) is 18.2 Å². The number of alkyl halides is 1. The van der Waals surface area contributed by atoms with E-state index in [1.807, 2.05) is 18.2 Å². The molecule has 1 aliphatic rings. The molecule has 3 nitrogen and oxygen atoms in total. The van der Waals surface area contributed by atoms with E-state index in [0.717, 1.165) is 36.7 Å². The molecule has 118 valence electrons. The van der Waals surface area contributed by atoms with Gasteiger partial charge in [-0.3, -0.25) is 0 Å². The highest BCUT2D eigenvalue weighted by molar-refractivity contribution is 6.21. The molecule has 0 N–H and O–H groups in total. The van der Waals surface area contributed by atoms with Crippen LogP contribution in [0.1, 0.15) is 50.5 Å². The largest absolute Gasteiger partial charge is 0.454 e. The zero-order valence-electron chi connectivity index (χ0n) is 13.1. The third-order valence-electron chi connectivity index (χ3n) is 3.83. The maximum atomic E-state index is 6.62. The van der Waals surface area contributed by atoms with Crippen molar-refractivity contribution in [3.05, 3.63) is 23.8 Å². The minimum atomic E-state index is -0.00628. The van der Waals surface area contributed by atoms with Gasteiger partial charge in [0.25, 0.3) is 0 Å². The van der Waals surface area contributed by atoms with Crippen LogP contribution in [0.4, 0.5) is 0 Å². The van der Waals surface area contributed by atoms with Gasteiger partial charge in [-0.2, -0.15) is 0 Å². The minimum Gasteiger partial charge on any atom is -0.454 e. The molecule has 0 radical (unpaired) electrons. The monoisotopic (exact) mass is 311 g/mol. The predicted molar refractivity (Wildman–Crippen MR) is 87.4 cm³/mol. The lowest BCUT2D eigenvalue weighted by Crippen LogP contribution is -2.29. The van der Waals surface area contributed by atoms with Crippen LogP contribution >= 0.6 is 11.6 Å². The molecule has 1 aromatic rings. The van der Waals surface area contributed by atoms with Crippen molar-refractivity contribution in [3.63, 3.8) is 0 Å². The molecule has 0 spiro atoms. The lowest BCUT2D eigenvalue weighted by Gasteiger charge is -2.24. The predicted octanol–water partition coefficient (Wildman–Crippen LogP) is 4.60.